The Bertz CT molecular complexity index is 490. The maximum Gasteiger partial charge on any atom is 0.255 e. The molecule has 2 aliphatic rings. The van der Waals surface area contributed by atoms with Gasteiger partial charge in [0.2, 0.25) is 0 Å². The highest BCUT2D eigenvalue weighted by Crippen LogP contribution is 2.39. The summed E-state index contributed by atoms with van der Waals surface area (Å²) in [5.41, 5.74) is 0.772. The van der Waals surface area contributed by atoms with Crippen molar-refractivity contribution in [3.63, 3.8) is 0 Å². The van der Waals surface area contributed by atoms with Gasteiger partial charge in [0.1, 0.15) is 5.82 Å². The minimum Gasteiger partial charge on any atom is -0.339 e. The van der Waals surface area contributed by atoms with Gasteiger partial charge in [0, 0.05) is 19.3 Å². The fraction of sp³-hybridized carbons (Fsp3) is 0.600. The van der Waals surface area contributed by atoms with Gasteiger partial charge in [-0.05, 0) is 50.3 Å². The van der Waals surface area contributed by atoms with E-state index in [1.165, 1.54) is 25.1 Å². The third-order valence-corrected chi connectivity index (χ3v) is 4.73. The first-order valence-corrected chi connectivity index (χ1v) is 7.29. The van der Waals surface area contributed by atoms with Crippen LogP contribution in [-0.2, 0) is 0 Å². The molecule has 1 amide bonds. The van der Waals surface area contributed by atoms with Crippen LogP contribution in [0.2, 0.25) is 0 Å². The van der Waals surface area contributed by atoms with Crippen LogP contribution in [0.4, 0.5) is 4.39 Å². The lowest BCUT2D eigenvalue weighted by molar-refractivity contribution is 0.0495. The number of hydrogen-bond donors (Lipinski definition) is 1. The standard InChI is InChI=1S/C15H20FN3O/c16-13-9-12(10-18-11-13)14(20)19-7-3-15(4-8-19)1-5-17-6-2-15/h9-11,17H,1-8H2. The molecule has 5 heteroatoms. The zero-order chi connectivity index (χ0) is 14.0. The fourth-order valence-corrected chi connectivity index (χ4v) is 3.35. The molecule has 1 N–H and O–H groups in total. The molecule has 4 nitrogen and oxygen atoms in total. The summed E-state index contributed by atoms with van der Waals surface area (Å²) in [6.45, 7) is 3.72. The molecular formula is C15H20FN3O. The Kier molecular flexibility index (Phi) is 3.70. The number of piperidine rings is 2. The molecule has 108 valence electrons. The van der Waals surface area contributed by atoms with Gasteiger partial charge in [-0.1, -0.05) is 0 Å². The highest BCUT2D eigenvalue weighted by Gasteiger charge is 2.36. The van der Waals surface area contributed by atoms with E-state index in [0.717, 1.165) is 45.2 Å². The molecule has 2 fully saturated rings. The van der Waals surface area contributed by atoms with Crippen LogP contribution in [0.5, 0.6) is 0 Å². The zero-order valence-electron chi connectivity index (χ0n) is 11.6. The zero-order valence-corrected chi connectivity index (χ0v) is 11.6. The predicted molar refractivity (Wildman–Crippen MR) is 73.9 cm³/mol. The molecule has 2 aliphatic heterocycles. The average Bonchev–Trinajstić information content (AvgIpc) is 2.48. The first-order chi connectivity index (χ1) is 9.69. The van der Waals surface area contributed by atoms with Crippen LogP contribution in [-0.4, -0.2) is 42.0 Å². The lowest BCUT2D eigenvalue weighted by Gasteiger charge is -2.44. The van der Waals surface area contributed by atoms with Gasteiger partial charge in [-0.2, -0.15) is 0 Å². The number of likely N-dealkylation sites (tertiary alicyclic amines) is 1. The van der Waals surface area contributed by atoms with Gasteiger partial charge in [-0.3, -0.25) is 9.78 Å². The monoisotopic (exact) mass is 277 g/mol. The van der Waals surface area contributed by atoms with Gasteiger partial charge in [0.05, 0.1) is 11.8 Å². The van der Waals surface area contributed by atoms with Gasteiger partial charge in [-0.25, -0.2) is 4.39 Å². The van der Waals surface area contributed by atoms with E-state index < -0.39 is 5.82 Å². The van der Waals surface area contributed by atoms with Gasteiger partial charge < -0.3 is 10.2 Å². The van der Waals surface area contributed by atoms with E-state index in [1.807, 2.05) is 4.90 Å². The summed E-state index contributed by atoms with van der Waals surface area (Å²) in [5.74, 6) is -0.552. The second kappa shape index (κ2) is 5.48. The summed E-state index contributed by atoms with van der Waals surface area (Å²) in [6.07, 6.45) is 7.09. The molecule has 3 rings (SSSR count). The Balaban J connectivity index is 1.64. The van der Waals surface area contributed by atoms with Crippen molar-refractivity contribution in [3.05, 3.63) is 29.8 Å². The number of nitrogens with one attached hydrogen (secondary N) is 1. The van der Waals surface area contributed by atoms with E-state index >= 15 is 0 Å². The third-order valence-electron chi connectivity index (χ3n) is 4.73. The van der Waals surface area contributed by atoms with E-state index in [2.05, 4.69) is 10.3 Å². The Morgan fingerprint density at radius 1 is 1.20 bits per heavy atom. The first kappa shape index (κ1) is 13.5. The van der Waals surface area contributed by atoms with Crippen molar-refractivity contribution in [1.29, 1.82) is 0 Å². The Hall–Kier alpha value is -1.49. The molecule has 0 saturated carbocycles. The van der Waals surface area contributed by atoms with Crippen LogP contribution in [0, 0.1) is 11.2 Å². The van der Waals surface area contributed by atoms with E-state index in [1.54, 1.807) is 0 Å². The summed E-state index contributed by atoms with van der Waals surface area (Å²) in [5, 5.41) is 3.39. The van der Waals surface area contributed by atoms with Gasteiger partial charge in [0.15, 0.2) is 0 Å². The number of aromatic nitrogens is 1. The summed E-state index contributed by atoms with van der Waals surface area (Å²) in [4.78, 5) is 17.9. The fourth-order valence-electron chi connectivity index (χ4n) is 3.35. The molecule has 0 bridgehead atoms. The molecule has 0 aliphatic carbocycles. The summed E-state index contributed by atoms with van der Waals surface area (Å²) < 4.78 is 13.1. The summed E-state index contributed by atoms with van der Waals surface area (Å²) in [7, 11) is 0. The smallest absolute Gasteiger partial charge is 0.255 e. The third kappa shape index (κ3) is 2.68. The van der Waals surface area contributed by atoms with Crippen molar-refractivity contribution in [2.45, 2.75) is 25.7 Å². The SMILES string of the molecule is O=C(c1cncc(F)c1)N1CCC2(CCNCC2)CC1. The Morgan fingerprint density at radius 3 is 2.55 bits per heavy atom. The Labute approximate surface area is 118 Å². The largest absolute Gasteiger partial charge is 0.339 e. The van der Waals surface area contributed by atoms with Crippen LogP contribution in [0.3, 0.4) is 0 Å². The van der Waals surface area contributed by atoms with Gasteiger partial charge in [-0.15, -0.1) is 0 Å². The topological polar surface area (TPSA) is 45.2 Å². The van der Waals surface area contributed by atoms with Crippen molar-refractivity contribution in [2.75, 3.05) is 26.2 Å². The van der Waals surface area contributed by atoms with E-state index in [-0.39, 0.29) is 5.91 Å². The molecule has 0 aromatic carbocycles. The molecule has 1 aromatic rings. The average molecular weight is 277 g/mol. The number of halogens is 1. The number of amides is 1. The molecule has 20 heavy (non-hydrogen) atoms. The molecule has 0 radical (unpaired) electrons. The molecule has 1 spiro atoms. The second-order valence-electron chi connectivity index (χ2n) is 5.93. The summed E-state index contributed by atoms with van der Waals surface area (Å²) >= 11 is 0. The van der Waals surface area contributed by atoms with Crippen molar-refractivity contribution in [2.24, 2.45) is 5.41 Å². The normalized spacial score (nSPS) is 21.9. The molecule has 3 heterocycles. The van der Waals surface area contributed by atoms with Gasteiger partial charge in [0.25, 0.3) is 5.91 Å². The predicted octanol–water partition coefficient (Wildman–Crippen LogP) is 1.83. The van der Waals surface area contributed by atoms with E-state index in [4.69, 9.17) is 0 Å². The lowest BCUT2D eigenvalue weighted by Crippen LogP contribution is -2.47. The number of hydrogen-bond acceptors (Lipinski definition) is 3. The molecule has 0 unspecified atom stereocenters. The molecular weight excluding hydrogens is 257 g/mol. The minimum absolute atomic E-state index is 0.0965. The highest BCUT2D eigenvalue weighted by atomic mass is 19.1. The molecule has 2 saturated heterocycles. The Morgan fingerprint density at radius 2 is 1.90 bits per heavy atom. The van der Waals surface area contributed by atoms with Crippen molar-refractivity contribution < 1.29 is 9.18 Å². The molecule has 1 aromatic heterocycles. The number of carbonyl (C=O) groups is 1. The van der Waals surface area contributed by atoms with Crippen molar-refractivity contribution in [1.82, 2.24) is 15.2 Å². The number of pyridine rings is 1. The van der Waals surface area contributed by atoms with Crippen LogP contribution in [0.25, 0.3) is 0 Å². The maximum absolute atomic E-state index is 13.1. The molecule has 0 atom stereocenters. The maximum atomic E-state index is 13.1. The second-order valence-corrected chi connectivity index (χ2v) is 5.93. The van der Waals surface area contributed by atoms with E-state index in [0.29, 0.717) is 11.0 Å². The number of nitrogens with zero attached hydrogens (tertiary/aromatic N) is 2. The lowest BCUT2D eigenvalue weighted by atomic mass is 9.71. The van der Waals surface area contributed by atoms with Crippen molar-refractivity contribution in [3.8, 4) is 0 Å². The number of rotatable bonds is 1. The van der Waals surface area contributed by atoms with Crippen LogP contribution in [0.15, 0.2) is 18.5 Å². The minimum atomic E-state index is -0.456. The quantitative estimate of drug-likeness (QED) is 0.851. The first-order valence-electron chi connectivity index (χ1n) is 7.29. The van der Waals surface area contributed by atoms with Crippen LogP contribution in [0.1, 0.15) is 36.0 Å². The van der Waals surface area contributed by atoms with Gasteiger partial charge >= 0.3 is 0 Å². The van der Waals surface area contributed by atoms with Crippen LogP contribution < -0.4 is 5.32 Å². The number of carbonyl (C=O) groups excluding carboxylic acids is 1. The van der Waals surface area contributed by atoms with E-state index in [9.17, 15) is 9.18 Å². The highest BCUT2D eigenvalue weighted by molar-refractivity contribution is 5.93. The summed E-state index contributed by atoms with van der Waals surface area (Å²) in [6, 6.07) is 1.27. The van der Waals surface area contributed by atoms with Crippen molar-refractivity contribution >= 4 is 5.91 Å². The van der Waals surface area contributed by atoms with Crippen LogP contribution >= 0.6 is 0 Å².